The minimum absolute atomic E-state index is 0.262. The SMILES string of the molecule is N#CCc1c(-c2ccc(F)cc2)nc2sc3c(n12)CCC3. The molecule has 0 N–H and O–H groups in total. The average molecular weight is 297 g/mol. The molecule has 0 saturated heterocycles. The van der Waals surface area contributed by atoms with Gasteiger partial charge in [-0.2, -0.15) is 5.26 Å². The van der Waals surface area contributed by atoms with E-state index in [0.29, 0.717) is 6.42 Å². The zero-order valence-electron chi connectivity index (χ0n) is 11.3. The van der Waals surface area contributed by atoms with E-state index in [1.54, 1.807) is 23.5 Å². The minimum Gasteiger partial charge on any atom is -0.290 e. The van der Waals surface area contributed by atoms with Gasteiger partial charge in [0.15, 0.2) is 4.96 Å². The molecule has 2 heterocycles. The molecule has 21 heavy (non-hydrogen) atoms. The van der Waals surface area contributed by atoms with E-state index < -0.39 is 0 Å². The fourth-order valence-corrected chi connectivity index (χ4v) is 4.24. The van der Waals surface area contributed by atoms with Crippen molar-refractivity contribution in [3.63, 3.8) is 0 Å². The van der Waals surface area contributed by atoms with Crippen molar-refractivity contribution in [3.8, 4) is 17.3 Å². The lowest BCUT2D eigenvalue weighted by Gasteiger charge is -2.02. The van der Waals surface area contributed by atoms with Gasteiger partial charge in [-0.25, -0.2) is 9.37 Å². The van der Waals surface area contributed by atoms with E-state index in [0.717, 1.165) is 34.8 Å². The van der Waals surface area contributed by atoms with Crippen molar-refractivity contribution in [2.24, 2.45) is 0 Å². The highest BCUT2D eigenvalue weighted by Gasteiger charge is 2.23. The summed E-state index contributed by atoms with van der Waals surface area (Å²) < 4.78 is 15.2. The number of rotatable bonds is 2. The standard InChI is InChI=1S/C16H12FN3S/c17-11-6-4-10(5-7-11)15-13(8-9-18)20-12-2-1-3-14(12)21-16(20)19-15/h4-7H,1-3,8H2. The lowest BCUT2D eigenvalue weighted by atomic mass is 10.1. The van der Waals surface area contributed by atoms with Gasteiger partial charge in [-0.05, 0) is 43.5 Å². The van der Waals surface area contributed by atoms with E-state index in [-0.39, 0.29) is 5.82 Å². The number of fused-ring (bicyclic) bond motifs is 3. The second-order valence-electron chi connectivity index (χ2n) is 5.19. The Morgan fingerprint density at radius 3 is 2.86 bits per heavy atom. The predicted molar refractivity (Wildman–Crippen MR) is 79.8 cm³/mol. The molecular weight excluding hydrogens is 285 g/mol. The van der Waals surface area contributed by atoms with E-state index in [1.165, 1.54) is 29.1 Å². The summed E-state index contributed by atoms with van der Waals surface area (Å²) in [4.78, 5) is 7.04. The van der Waals surface area contributed by atoms with Crippen LogP contribution in [0.3, 0.4) is 0 Å². The fraction of sp³-hybridized carbons (Fsp3) is 0.250. The van der Waals surface area contributed by atoms with Gasteiger partial charge < -0.3 is 0 Å². The highest BCUT2D eigenvalue weighted by atomic mass is 32.1. The van der Waals surface area contributed by atoms with E-state index in [4.69, 9.17) is 10.2 Å². The molecule has 0 saturated carbocycles. The van der Waals surface area contributed by atoms with Crippen molar-refractivity contribution in [2.75, 3.05) is 0 Å². The summed E-state index contributed by atoms with van der Waals surface area (Å²) in [5.41, 5.74) is 3.90. The van der Waals surface area contributed by atoms with Crippen LogP contribution in [0.1, 0.15) is 22.7 Å². The van der Waals surface area contributed by atoms with Crippen LogP contribution in [-0.2, 0) is 19.3 Å². The molecule has 104 valence electrons. The molecule has 0 amide bonds. The number of benzene rings is 1. The normalized spacial score (nSPS) is 13.5. The highest BCUT2D eigenvalue weighted by Crippen LogP contribution is 2.35. The van der Waals surface area contributed by atoms with Crippen LogP contribution in [0.4, 0.5) is 4.39 Å². The van der Waals surface area contributed by atoms with Crippen molar-refractivity contribution in [1.82, 2.24) is 9.38 Å². The number of nitriles is 1. The number of hydrogen-bond acceptors (Lipinski definition) is 3. The number of imidazole rings is 1. The van der Waals surface area contributed by atoms with Gasteiger partial charge in [0, 0.05) is 16.1 Å². The molecule has 4 rings (SSSR count). The monoisotopic (exact) mass is 297 g/mol. The molecule has 0 atom stereocenters. The topological polar surface area (TPSA) is 41.1 Å². The van der Waals surface area contributed by atoms with Crippen LogP contribution in [0.2, 0.25) is 0 Å². The van der Waals surface area contributed by atoms with Crippen LogP contribution in [0.5, 0.6) is 0 Å². The zero-order chi connectivity index (χ0) is 14.4. The van der Waals surface area contributed by atoms with Crippen LogP contribution >= 0.6 is 11.3 Å². The van der Waals surface area contributed by atoms with Gasteiger partial charge in [0.1, 0.15) is 5.82 Å². The maximum absolute atomic E-state index is 13.1. The first kappa shape index (κ1) is 12.5. The Kier molecular flexibility index (Phi) is 2.79. The van der Waals surface area contributed by atoms with Gasteiger partial charge in [0.05, 0.1) is 23.9 Å². The van der Waals surface area contributed by atoms with Crippen LogP contribution in [0.15, 0.2) is 24.3 Å². The number of thiazole rings is 1. The maximum atomic E-state index is 13.1. The van der Waals surface area contributed by atoms with Crippen LogP contribution in [-0.4, -0.2) is 9.38 Å². The first-order valence-electron chi connectivity index (χ1n) is 6.92. The third-order valence-corrected chi connectivity index (χ3v) is 5.07. The minimum atomic E-state index is -0.262. The van der Waals surface area contributed by atoms with Crippen molar-refractivity contribution < 1.29 is 4.39 Å². The van der Waals surface area contributed by atoms with Gasteiger partial charge in [0.25, 0.3) is 0 Å². The second kappa shape index (κ2) is 4.68. The van der Waals surface area contributed by atoms with Crippen LogP contribution in [0, 0.1) is 17.1 Å². The molecule has 5 heteroatoms. The van der Waals surface area contributed by atoms with Crippen LogP contribution < -0.4 is 0 Å². The molecule has 0 radical (unpaired) electrons. The van der Waals surface area contributed by atoms with Crippen molar-refractivity contribution in [3.05, 3.63) is 46.3 Å². The third-order valence-electron chi connectivity index (χ3n) is 3.93. The molecule has 1 aliphatic carbocycles. The molecular formula is C16H12FN3S. The lowest BCUT2D eigenvalue weighted by Crippen LogP contribution is -1.96. The van der Waals surface area contributed by atoms with Crippen molar-refractivity contribution >= 4 is 16.3 Å². The van der Waals surface area contributed by atoms with E-state index in [1.807, 2.05) is 0 Å². The summed E-state index contributed by atoms with van der Waals surface area (Å²) in [5, 5.41) is 9.15. The van der Waals surface area contributed by atoms with Gasteiger partial charge in [-0.3, -0.25) is 4.40 Å². The van der Waals surface area contributed by atoms with E-state index in [9.17, 15) is 4.39 Å². The number of aromatic nitrogens is 2. The Bertz CT molecular complexity index is 868. The smallest absolute Gasteiger partial charge is 0.194 e. The largest absolute Gasteiger partial charge is 0.290 e. The average Bonchev–Trinajstić information content (AvgIpc) is 3.12. The van der Waals surface area contributed by atoms with E-state index >= 15 is 0 Å². The van der Waals surface area contributed by atoms with E-state index in [2.05, 4.69) is 10.5 Å². The molecule has 1 aliphatic rings. The molecule has 0 bridgehead atoms. The number of nitrogens with zero attached hydrogens (tertiary/aromatic N) is 3. The Morgan fingerprint density at radius 2 is 2.10 bits per heavy atom. The van der Waals surface area contributed by atoms with Gasteiger partial charge >= 0.3 is 0 Å². The molecule has 3 nitrogen and oxygen atoms in total. The van der Waals surface area contributed by atoms with Crippen LogP contribution in [0.25, 0.3) is 16.2 Å². The van der Waals surface area contributed by atoms with Gasteiger partial charge in [0.2, 0.25) is 0 Å². The third kappa shape index (κ3) is 1.87. The number of hydrogen-bond donors (Lipinski definition) is 0. The Labute approximate surface area is 125 Å². The molecule has 2 aromatic heterocycles. The summed E-state index contributed by atoms with van der Waals surface area (Å²) in [5.74, 6) is -0.262. The summed E-state index contributed by atoms with van der Waals surface area (Å²) in [7, 11) is 0. The lowest BCUT2D eigenvalue weighted by molar-refractivity contribution is 0.628. The summed E-state index contributed by atoms with van der Waals surface area (Å²) in [6.45, 7) is 0. The molecule has 0 spiro atoms. The first-order valence-corrected chi connectivity index (χ1v) is 7.74. The Balaban J connectivity index is 1.97. The second-order valence-corrected chi connectivity index (χ2v) is 6.25. The van der Waals surface area contributed by atoms with Crippen molar-refractivity contribution in [2.45, 2.75) is 25.7 Å². The summed E-state index contributed by atoms with van der Waals surface area (Å²) in [6.07, 6.45) is 3.65. The number of halogens is 1. The van der Waals surface area contributed by atoms with Gasteiger partial charge in [-0.15, -0.1) is 11.3 Å². The molecule has 0 unspecified atom stereocenters. The Morgan fingerprint density at radius 1 is 1.29 bits per heavy atom. The highest BCUT2D eigenvalue weighted by molar-refractivity contribution is 7.17. The van der Waals surface area contributed by atoms with Gasteiger partial charge in [-0.1, -0.05) is 0 Å². The molecule has 0 fully saturated rings. The fourth-order valence-electron chi connectivity index (χ4n) is 3.01. The zero-order valence-corrected chi connectivity index (χ0v) is 12.1. The number of aryl methyl sites for hydroxylation is 2. The molecule has 1 aromatic carbocycles. The first-order chi connectivity index (χ1) is 10.3. The summed E-state index contributed by atoms with van der Waals surface area (Å²) in [6, 6.07) is 8.55. The quantitative estimate of drug-likeness (QED) is 0.722. The maximum Gasteiger partial charge on any atom is 0.194 e. The van der Waals surface area contributed by atoms with Crippen molar-refractivity contribution in [1.29, 1.82) is 5.26 Å². The molecule has 3 aromatic rings. The predicted octanol–water partition coefficient (Wildman–Crippen LogP) is 3.76. The Hall–Kier alpha value is -2.19. The summed E-state index contributed by atoms with van der Waals surface area (Å²) >= 11 is 1.71. The molecule has 0 aliphatic heterocycles.